The zero-order chi connectivity index (χ0) is 14.7. The maximum atomic E-state index is 11.2. The van der Waals surface area contributed by atoms with Crippen LogP contribution in [0.5, 0.6) is 0 Å². The van der Waals surface area contributed by atoms with Crippen molar-refractivity contribution in [3.63, 3.8) is 0 Å². The molecule has 0 bridgehead atoms. The van der Waals surface area contributed by atoms with Gasteiger partial charge < -0.3 is 5.73 Å². The predicted molar refractivity (Wildman–Crippen MR) is 80.9 cm³/mol. The molecule has 2 aromatic rings. The van der Waals surface area contributed by atoms with Gasteiger partial charge in [-0.25, -0.2) is 4.68 Å². The molecule has 6 nitrogen and oxygen atoms in total. The van der Waals surface area contributed by atoms with Gasteiger partial charge in [-0.2, -0.15) is 0 Å². The lowest BCUT2D eigenvalue weighted by Gasteiger charge is -2.13. The molecular weight excluding hydrogens is 298 g/mol. The molecule has 2 unspecified atom stereocenters. The van der Waals surface area contributed by atoms with Gasteiger partial charge >= 0.3 is 0 Å². The minimum atomic E-state index is -0.831. The number of nitrogens with two attached hydrogens (primary N) is 1. The van der Waals surface area contributed by atoms with Crippen molar-refractivity contribution in [2.75, 3.05) is 17.7 Å². The highest BCUT2D eigenvalue weighted by atomic mass is 35.5. The molecule has 0 saturated carbocycles. The highest BCUT2D eigenvalue weighted by Crippen LogP contribution is 2.29. The second-order valence-corrected chi connectivity index (χ2v) is 6.56. The van der Waals surface area contributed by atoms with Crippen LogP contribution in [-0.4, -0.2) is 36.4 Å². The molecule has 0 fully saturated rings. The summed E-state index contributed by atoms with van der Waals surface area (Å²) in [5.74, 6) is 1.19. The van der Waals surface area contributed by atoms with E-state index in [0.717, 1.165) is 12.0 Å². The first-order valence-corrected chi connectivity index (χ1v) is 8.23. The summed E-state index contributed by atoms with van der Waals surface area (Å²) in [4.78, 5) is 0. The van der Waals surface area contributed by atoms with Gasteiger partial charge in [0.2, 0.25) is 0 Å². The van der Waals surface area contributed by atoms with Gasteiger partial charge in [0.15, 0.2) is 5.82 Å². The van der Waals surface area contributed by atoms with Crippen molar-refractivity contribution in [3.05, 3.63) is 23.2 Å². The zero-order valence-electron chi connectivity index (χ0n) is 11.3. The molecule has 20 heavy (non-hydrogen) atoms. The lowest BCUT2D eigenvalue weighted by atomic mass is 10.1. The molecule has 1 heterocycles. The Labute approximate surface area is 124 Å². The Bertz CT molecular complexity index is 630. The van der Waals surface area contributed by atoms with Crippen LogP contribution in [0.1, 0.15) is 19.4 Å². The summed E-state index contributed by atoms with van der Waals surface area (Å²) in [6.07, 6.45) is 2.41. The fourth-order valence-corrected chi connectivity index (χ4v) is 2.79. The first-order chi connectivity index (χ1) is 9.49. The summed E-state index contributed by atoms with van der Waals surface area (Å²) in [5, 5.41) is 12.2. The fraction of sp³-hybridized carbons (Fsp3) is 0.417. The third kappa shape index (κ3) is 3.34. The minimum Gasteiger partial charge on any atom is -0.399 e. The van der Waals surface area contributed by atoms with Crippen molar-refractivity contribution in [2.24, 2.45) is 0 Å². The van der Waals surface area contributed by atoms with E-state index >= 15 is 0 Å². The smallest absolute Gasteiger partial charge is 0.183 e. The first kappa shape index (κ1) is 14.9. The Morgan fingerprint density at radius 2 is 2.25 bits per heavy atom. The second kappa shape index (κ2) is 6.32. The summed E-state index contributed by atoms with van der Waals surface area (Å²) in [6, 6.07) is 5.26. The van der Waals surface area contributed by atoms with Crippen LogP contribution >= 0.6 is 11.6 Å². The van der Waals surface area contributed by atoms with Gasteiger partial charge in [-0.05, 0) is 42.0 Å². The largest absolute Gasteiger partial charge is 0.399 e. The van der Waals surface area contributed by atoms with Crippen LogP contribution in [0.15, 0.2) is 18.2 Å². The molecule has 0 aliphatic rings. The molecule has 0 saturated heterocycles. The van der Waals surface area contributed by atoms with E-state index in [1.165, 1.54) is 0 Å². The maximum Gasteiger partial charge on any atom is 0.183 e. The molecular formula is C12H16ClN5OS. The van der Waals surface area contributed by atoms with Gasteiger partial charge in [0.1, 0.15) is 0 Å². The summed E-state index contributed by atoms with van der Waals surface area (Å²) in [7, 11) is -0.831. The Hall–Kier alpha value is -1.47. The van der Waals surface area contributed by atoms with Crippen molar-refractivity contribution in [1.82, 2.24) is 20.2 Å². The Balaban J connectivity index is 2.30. The van der Waals surface area contributed by atoms with Crippen LogP contribution in [0.3, 0.4) is 0 Å². The molecule has 2 rings (SSSR count). The summed E-state index contributed by atoms with van der Waals surface area (Å²) in [5.41, 5.74) is 7.00. The van der Waals surface area contributed by atoms with Gasteiger partial charge in [-0.1, -0.05) is 11.6 Å². The summed E-state index contributed by atoms with van der Waals surface area (Å²) in [6.45, 7) is 1.98. The van der Waals surface area contributed by atoms with E-state index < -0.39 is 10.8 Å². The summed E-state index contributed by atoms with van der Waals surface area (Å²) >= 11 is 6.19. The van der Waals surface area contributed by atoms with Crippen molar-refractivity contribution >= 4 is 28.1 Å². The highest BCUT2D eigenvalue weighted by Gasteiger charge is 2.17. The lowest BCUT2D eigenvalue weighted by Crippen LogP contribution is -2.12. The Morgan fingerprint density at radius 1 is 1.50 bits per heavy atom. The molecule has 0 radical (unpaired) electrons. The zero-order valence-corrected chi connectivity index (χ0v) is 12.9. The number of anilines is 1. The van der Waals surface area contributed by atoms with Crippen molar-refractivity contribution < 1.29 is 4.21 Å². The number of rotatable bonds is 5. The third-order valence-corrected chi connectivity index (χ3v) is 4.09. The molecule has 2 N–H and O–H groups in total. The van der Waals surface area contributed by atoms with Crippen LogP contribution < -0.4 is 5.73 Å². The van der Waals surface area contributed by atoms with Gasteiger partial charge in [-0.15, -0.1) is 5.10 Å². The van der Waals surface area contributed by atoms with Crippen molar-refractivity contribution in [1.29, 1.82) is 0 Å². The van der Waals surface area contributed by atoms with Gasteiger partial charge in [0.05, 0.1) is 11.1 Å². The van der Waals surface area contributed by atoms with E-state index in [-0.39, 0.29) is 6.04 Å². The second-order valence-electron chi connectivity index (χ2n) is 4.60. The molecule has 0 amide bonds. The molecule has 0 aliphatic carbocycles. The number of nitrogens with zero attached hydrogens (tertiary/aromatic N) is 4. The number of aromatic nitrogens is 4. The van der Waals surface area contributed by atoms with E-state index in [1.807, 2.05) is 6.92 Å². The van der Waals surface area contributed by atoms with E-state index in [2.05, 4.69) is 15.5 Å². The number of hydrogen-bond acceptors (Lipinski definition) is 5. The van der Waals surface area contributed by atoms with Crippen LogP contribution in [0.25, 0.3) is 11.4 Å². The highest BCUT2D eigenvalue weighted by molar-refractivity contribution is 7.84. The quantitative estimate of drug-likeness (QED) is 0.852. The average Bonchev–Trinajstić information content (AvgIpc) is 2.85. The molecule has 2 atom stereocenters. The maximum absolute atomic E-state index is 11.2. The number of nitrogen functional groups attached to an aromatic ring is 1. The topological polar surface area (TPSA) is 86.7 Å². The molecule has 8 heteroatoms. The normalized spacial score (nSPS) is 14.2. The van der Waals surface area contributed by atoms with Crippen molar-refractivity contribution in [3.8, 4) is 11.4 Å². The average molecular weight is 314 g/mol. The van der Waals surface area contributed by atoms with Crippen LogP contribution in [-0.2, 0) is 10.8 Å². The number of halogens is 1. The van der Waals surface area contributed by atoms with Crippen LogP contribution in [0.4, 0.5) is 5.69 Å². The lowest BCUT2D eigenvalue weighted by molar-refractivity contribution is 0.470. The SMILES string of the molecule is CC(CCS(C)=O)n1nnnc1-c1ccc(N)cc1Cl. The minimum absolute atomic E-state index is 0.0394. The van der Waals surface area contributed by atoms with E-state index in [1.54, 1.807) is 29.1 Å². The fourth-order valence-electron chi connectivity index (χ4n) is 1.84. The van der Waals surface area contributed by atoms with Crippen LogP contribution in [0.2, 0.25) is 5.02 Å². The molecule has 1 aromatic carbocycles. The van der Waals surface area contributed by atoms with E-state index in [9.17, 15) is 4.21 Å². The molecule has 0 spiro atoms. The number of benzene rings is 1. The molecule has 108 valence electrons. The van der Waals surface area contributed by atoms with Gasteiger partial charge in [0.25, 0.3) is 0 Å². The van der Waals surface area contributed by atoms with E-state index in [4.69, 9.17) is 17.3 Å². The molecule has 1 aromatic heterocycles. The predicted octanol–water partition coefficient (Wildman–Crippen LogP) is 1.91. The molecule has 0 aliphatic heterocycles. The number of hydrogen-bond donors (Lipinski definition) is 1. The monoisotopic (exact) mass is 313 g/mol. The van der Waals surface area contributed by atoms with Gasteiger partial charge in [0, 0.05) is 34.1 Å². The number of tetrazole rings is 1. The first-order valence-electron chi connectivity index (χ1n) is 6.12. The standard InChI is InChI=1S/C12H16ClN5OS/c1-8(5-6-20(2)19)18-12(15-16-17-18)10-4-3-9(14)7-11(10)13/h3-4,7-8H,5-6,14H2,1-2H3. The van der Waals surface area contributed by atoms with E-state index in [0.29, 0.717) is 22.3 Å². The third-order valence-electron chi connectivity index (χ3n) is 2.97. The Kier molecular flexibility index (Phi) is 4.72. The summed E-state index contributed by atoms with van der Waals surface area (Å²) < 4.78 is 12.9. The Morgan fingerprint density at radius 3 is 2.90 bits per heavy atom. The van der Waals surface area contributed by atoms with Crippen LogP contribution in [0, 0.1) is 0 Å². The van der Waals surface area contributed by atoms with Crippen molar-refractivity contribution in [2.45, 2.75) is 19.4 Å². The van der Waals surface area contributed by atoms with Gasteiger partial charge in [-0.3, -0.25) is 4.21 Å².